The van der Waals surface area contributed by atoms with E-state index in [1.807, 2.05) is 0 Å². The third-order valence-electron chi connectivity index (χ3n) is 4.59. The molecule has 4 heteroatoms. The van der Waals surface area contributed by atoms with Crippen LogP contribution in [0.15, 0.2) is 103 Å². The fraction of sp³-hybridized carbons (Fsp3) is 0.0400. The number of aryl methyl sites for hydroxylation is 1. The molecule has 0 aliphatic carbocycles. The second kappa shape index (κ2) is 11.9. The predicted molar refractivity (Wildman–Crippen MR) is 118 cm³/mol. The third-order valence-corrected chi connectivity index (χ3v) is 6.12. The van der Waals surface area contributed by atoms with E-state index in [1.54, 1.807) is 0 Å². The number of benzene rings is 3. The van der Waals surface area contributed by atoms with E-state index in [9.17, 15) is 0 Å². The first-order valence-electron chi connectivity index (χ1n) is 8.89. The predicted octanol–water partition coefficient (Wildman–Crippen LogP) is 0.0606. The number of fused-ring (bicyclic) bond motifs is 2. The smallest absolute Gasteiger partial charge is 1.00 e. The van der Waals surface area contributed by atoms with E-state index in [0.29, 0.717) is 0 Å². The van der Waals surface area contributed by atoms with Crippen molar-refractivity contribution >= 4 is 40.7 Å². The van der Waals surface area contributed by atoms with Gasteiger partial charge in [-0.05, 0) is 5.30 Å². The molecular formula is C25H21F2HfP. The molecule has 0 aromatic heterocycles. The minimum Gasteiger partial charge on any atom is -1.00 e. The van der Waals surface area contributed by atoms with E-state index in [2.05, 4.69) is 110 Å². The van der Waals surface area contributed by atoms with Crippen molar-refractivity contribution in [3.8, 4) is 0 Å². The maximum atomic E-state index is 2.29. The van der Waals surface area contributed by atoms with Gasteiger partial charge in [0.25, 0.3) is 0 Å². The molecule has 5 aromatic rings. The van der Waals surface area contributed by atoms with Gasteiger partial charge in [-0.25, -0.2) is 0 Å². The Morgan fingerprint density at radius 1 is 0.690 bits per heavy atom. The van der Waals surface area contributed by atoms with E-state index in [-0.39, 0.29) is 35.3 Å². The Hall–Kier alpha value is -1.96. The average molecular weight is 569 g/mol. The van der Waals surface area contributed by atoms with Crippen molar-refractivity contribution in [2.75, 3.05) is 0 Å². The summed E-state index contributed by atoms with van der Waals surface area (Å²) in [7, 11) is 0.754. The quantitative estimate of drug-likeness (QED) is 0.161. The largest absolute Gasteiger partial charge is 4.00 e. The molecule has 0 saturated heterocycles. The summed E-state index contributed by atoms with van der Waals surface area (Å²) in [6.07, 6.45) is 0. The summed E-state index contributed by atoms with van der Waals surface area (Å²) < 4.78 is 0. The Labute approximate surface area is 191 Å². The molecule has 0 radical (unpaired) electrons. The molecule has 1 atom stereocenters. The molecule has 0 heterocycles. The normalized spacial score (nSPS) is 9.97. The van der Waals surface area contributed by atoms with Gasteiger partial charge < -0.3 is 9.41 Å². The van der Waals surface area contributed by atoms with Crippen molar-refractivity contribution in [1.29, 1.82) is 0 Å². The third kappa shape index (κ3) is 6.01. The van der Waals surface area contributed by atoms with Crippen LogP contribution < -0.4 is 20.0 Å². The molecule has 0 aliphatic rings. The molecule has 0 aliphatic heterocycles. The van der Waals surface area contributed by atoms with Crippen molar-refractivity contribution in [3.05, 3.63) is 109 Å². The second-order valence-corrected chi connectivity index (χ2v) is 7.76. The van der Waals surface area contributed by atoms with Crippen molar-refractivity contribution < 1.29 is 35.3 Å². The monoisotopic (exact) mass is 570 g/mol. The Bertz CT molecular complexity index is 1100. The van der Waals surface area contributed by atoms with Gasteiger partial charge in [-0.1, -0.05) is 49.4 Å². The molecule has 0 nitrogen and oxygen atoms in total. The maximum absolute atomic E-state index is 2.29. The molecule has 0 spiro atoms. The zero-order valence-electron chi connectivity index (χ0n) is 16.1. The molecule has 29 heavy (non-hydrogen) atoms. The van der Waals surface area contributed by atoms with Crippen molar-refractivity contribution in [2.24, 2.45) is 0 Å². The van der Waals surface area contributed by atoms with Crippen LogP contribution in [0.3, 0.4) is 0 Å². The van der Waals surface area contributed by atoms with Gasteiger partial charge in [0, 0.05) is 0 Å². The van der Waals surface area contributed by atoms with Crippen LogP contribution in [0.1, 0.15) is 5.56 Å². The van der Waals surface area contributed by atoms with Crippen LogP contribution in [-0.2, 0) is 25.8 Å². The molecule has 0 N–H and O–H groups in total. The Morgan fingerprint density at radius 3 is 2.03 bits per heavy atom. The van der Waals surface area contributed by atoms with Gasteiger partial charge in [-0.3, -0.25) is 0 Å². The molecule has 5 aromatic carbocycles. The summed E-state index contributed by atoms with van der Waals surface area (Å²) in [5.74, 6) is 0. The zero-order chi connectivity index (χ0) is 17.8. The molecule has 0 amide bonds. The summed E-state index contributed by atoms with van der Waals surface area (Å²) >= 11 is 0. The molecule has 0 bridgehead atoms. The Balaban J connectivity index is 0.000000302. The van der Waals surface area contributed by atoms with E-state index in [1.165, 1.54) is 37.7 Å². The van der Waals surface area contributed by atoms with Gasteiger partial charge >= 0.3 is 25.8 Å². The summed E-state index contributed by atoms with van der Waals surface area (Å²) in [5.41, 5.74) is 1.41. The molecule has 0 saturated carbocycles. The van der Waals surface area contributed by atoms with Crippen LogP contribution in [0.2, 0.25) is 0 Å². The zero-order valence-corrected chi connectivity index (χ0v) is 20.7. The first-order chi connectivity index (χ1) is 12.8. The van der Waals surface area contributed by atoms with Crippen molar-refractivity contribution in [1.82, 2.24) is 0 Å². The summed E-state index contributed by atoms with van der Waals surface area (Å²) in [6, 6.07) is 36.3. The van der Waals surface area contributed by atoms with Crippen LogP contribution in [0.25, 0.3) is 21.5 Å². The number of hydrogen-bond acceptors (Lipinski definition) is 0. The topological polar surface area (TPSA) is 0 Å². The standard InChI is InChI=1S/C16H14P.C9H7.2FH.Hf/c1-12-11-13-7-5-6-10-15(13)16(12)17-14-8-3-2-4-9-14;1-2-5-9-7-3-6-8(9)4-1;;;/h2-11,17H,1H3;1-7H;2*1H;/q2*-1;;;+4/p-2. The molecule has 144 valence electrons. The first-order valence-corrected chi connectivity index (χ1v) is 9.89. The van der Waals surface area contributed by atoms with E-state index >= 15 is 0 Å². The van der Waals surface area contributed by atoms with Gasteiger partial charge in [0.15, 0.2) is 0 Å². The number of halogens is 2. The van der Waals surface area contributed by atoms with Crippen molar-refractivity contribution in [2.45, 2.75) is 6.92 Å². The van der Waals surface area contributed by atoms with E-state index in [4.69, 9.17) is 0 Å². The number of rotatable bonds is 2. The summed E-state index contributed by atoms with van der Waals surface area (Å²) in [5, 5.41) is 8.34. The second-order valence-electron chi connectivity index (χ2n) is 6.44. The van der Waals surface area contributed by atoms with Gasteiger partial charge in [0.2, 0.25) is 0 Å². The van der Waals surface area contributed by atoms with Gasteiger partial charge in [-0.2, -0.15) is 17.5 Å². The molecular weight excluding hydrogens is 548 g/mol. The van der Waals surface area contributed by atoms with Gasteiger partial charge in [0.1, 0.15) is 0 Å². The fourth-order valence-electron chi connectivity index (χ4n) is 3.27. The number of hydrogen-bond donors (Lipinski definition) is 0. The van der Waals surface area contributed by atoms with E-state index < -0.39 is 0 Å². The van der Waals surface area contributed by atoms with Crippen LogP contribution in [0, 0.1) is 6.92 Å². The first kappa shape index (κ1) is 25.1. The summed E-state index contributed by atoms with van der Waals surface area (Å²) in [4.78, 5) is 0. The summed E-state index contributed by atoms with van der Waals surface area (Å²) in [6.45, 7) is 2.21. The van der Waals surface area contributed by atoms with Crippen LogP contribution >= 0.6 is 8.58 Å². The molecule has 1 unspecified atom stereocenters. The minimum atomic E-state index is 0. The van der Waals surface area contributed by atoms with Crippen LogP contribution in [0.5, 0.6) is 0 Å². The van der Waals surface area contributed by atoms with Crippen LogP contribution in [0.4, 0.5) is 0 Å². The Morgan fingerprint density at radius 2 is 1.31 bits per heavy atom. The maximum Gasteiger partial charge on any atom is 4.00 e. The van der Waals surface area contributed by atoms with Crippen LogP contribution in [-0.4, -0.2) is 0 Å². The van der Waals surface area contributed by atoms with Gasteiger partial charge in [-0.15, -0.1) is 84.1 Å². The SMILES string of the molecule is Cc1[cH-]c2ccccc2c1Pc1ccccc1.[F-].[F-].[Hf+4].c1ccc2[cH-]ccc2c1. The molecule has 5 rings (SSSR count). The van der Waals surface area contributed by atoms with Gasteiger partial charge in [0.05, 0.1) is 0 Å². The fourth-order valence-corrected chi connectivity index (χ4v) is 4.55. The molecule has 0 fully saturated rings. The average Bonchev–Trinajstić information content (AvgIpc) is 3.28. The van der Waals surface area contributed by atoms with E-state index in [0.717, 1.165) is 8.58 Å². The Kier molecular flexibility index (Phi) is 10.3. The van der Waals surface area contributed by atoms with Crippen molar-refractivity contribution in [3.63, 3.8) is 0 Å². The minimum absolute atomic E-state index is 0.